The summed E-state index contributed by atoms with van der Waals surface area (Å²) in [4.78, 5) is 0.318. The summed E-state index contributed by atoms with van der Waals surface area (Å²) < 4.78 is 26.4. The molecule has 2 rings (SSSR count). The van der Waals surface area contributed by atoms with Crippen LogP contribution in [0.1, 0.15) is 37.8 Å². The van der Waals surface area contributed by atoms with Crippen molar-refractivity contribution in [2.75, 3.05) is 13.1 Å². The fraction of sp³-hybridized carbons (Fsp3) is 0.727. The maximum Gasteiger partial charge on any atom is 0.246 e. The molecule has 0 atom stereocenters. The number of aromatic nitrogens is 2. The zero-order valence-electron chi connectivity index (χ0n) is 10.1. The second-order valence-electron chi connectivity index (χ2n) is 4.53. The van der Waals surface area contributed by atoms with Crippen LogP contribution in [0.5, 0.6) is 0 Å². The molecule has 1 aliphatic rings. The molecule has 0 aromatic carbocycles. The van der Waals surface area contributed by atoms with E-state index in [1.807, 2.05) is 0 Å². The number of hydrogen-bond donors (Lipinski definition) is 1. The SMILES string of the molecule is Cc1[nH]ncc1S(=O)(=O)N1CCCCCCC1. The van der Waals surface area contributed by atoms with E-state index >= 15 is 0 Å². The van der Waals surface area contributed by atoms with E-state index in [-0.39, 0.29) is 0 Å². The van der Waals surface area contributed by atoms with Crippen molar-refractivity contribution < 1.29 is 8.42 Å². The lowest BCUT2D eigenvalue weighted by Gasteiger charge is -2.23. The minimum Gasteiger partial charge on any atom is -0.281 e. The highest BCUT2D eigenvalue weighted by atomic mass is 32.2. The molecule has 0 unspecified atom stereocenters. The van der Waals surface area contributed by atoms with E-state index in [9.17, 15) is 8.42 Å². The Kier molecular flexibility index (Phi) is 3.83. The Balaban J connectivity index is 2.22. The van der Waals surface area contributed by atoms with Crippen molar-refractivity contribution >= 4 is 10.0 Å². The van der Waals surface area contributed by atoms with Crippen molar-refractivity contribution in [2.24, 2.45) is 0 Å². The van der Waals surface area contributed by atoms with Gasteiger partial charge in [0.25, 0.3) is 0 Å². The number of aromatic amines is 1. The van der Waals surface area contributed by atoms with Crippen LogP contribution in [-0.4, -0.2) is 36.0 Å². The Morgan fingerprint density at radius 1 is 1.18 bits per heavy atom. The van der Waals surface area contributed by atoms with Gasteiger partial charge < -0.3 is 0 Å². The zero-order valence-corrected chi connectivity index (χ0v) is 11.0. The van der Waals surface area contributed by atoms with Crippen LogP contribution in [0, 0.1) is 6.92 Å². The summed E-state index contributed by atoms with van der Waals surface area (Å²) in [5, 5.41) is 6.48. The van der Waals surface area contributed by atoms with Crippen LogP contribution in [0.3, 0.4) is 0 Å². The number of nitrogens with one attached hydrogen (secondary N) is 1. The molecule has 1 N–H and O–H groups in total. The van der Waals surface area contributed by atoms with Gasteiger partial charge in [-0.3, -0.25) is 5.10 Å². The summed E-state index contributed by atoms with van der Waals surface area (Å²) in [5.41, 5.74) is 0.618. The van der Waals surface area contributed by atoms with Crippen LogP contribution < -0.4 is 0 Å². The minimum absolute atomic E-state index is 0.318. The maximum absolute atomic E-state index is 12.4. The summed E-state index contributed by atoms with van der Waals surface area (Å²) in [7, 11) is -3.35. The lowest BCUT2D eigenvalue weighted by Crippen LogP contribution is -2.34. The van der Waals surface area contributed by atoms with Gasteiger partial charge in [0.2, 0.25) is 10.0 Å². The number of rotatable bonds is 2. The predicted molar refractivity (Wildman–Crippen MR) is 65.2 cm³/mol. The molecule has 0 spiro atoms. The van der Waals surface area contributed by atoms with Crippen LogP contribution >= 0.6 is 0 Å². The van der Waals surface area contributed by atoms with Gasteiger partial charge in [-0.25, -0.2) is 8.42 Å². The van der Waals surface area contributed by atoms with Crippen molar-refractivity contribution in [3.05, 3.63) is 11.9 Å². The second kappa shape index (κ2) is 5.18. The lowest BCUT2D eigenvalue weighted by molar-refractivity contribution is 0.364. The molecule has 0 radical (unpaired) electrons. The Morgan fingerprint density at radius 2 is 1.76 bits per heavy atom. The largest absolute Gasteiger partial charge is 0.281 e. The Morgan fingerprint density at radius 3 is 2.29 bits per heavy atom. The molecule has 1 aromatic rings. The van der Waals surface area contributed by atoms with Crippen molar-refractivity contribution in [1.29, 1.82) is 0 Å². The van der Waals surface area contributed by atoms with E-state index in [1.54, 1.807) is 11.2 Å². The predicted octanol–water partition coefficient (Wildman–Crippen LogP) is 1.67. The van der Waals surface area contributed by atoms with Gasteiger partial charge in [-0.15, -0.1) is 0 Å². The second-order valence-corrected chi connectivity index (χ2v) is 6.44. The summed E-state index contributed by atoms with van der Waals surface area (Å²) in [6.45, 7) is 3.00. The zero-order chi connectivity index (χ0) is 12.3. The summed E-state index contributed by atoms with van der Waals surface area (Å²) in [6, 6.07) is 0. The van der Waals surface area contributed by atoms with Gasteiger partial charge >= 0.3 is 0 Å². The highest BCUT2D eigenvalue weighted by Gasteiger charge is 2.27. The van der Waals surface area contributed by atoms with Gasteiger partial charge in [0.1, 0.15) is 4.90 Å². The summed E-state index contributed by atoms with van der Waals surface area (Å²) in [5.74, 6) is 0. The molecule has 0 saturated carbocycles. The first-order valence-corrected chi connectivity index (χ1v) is 7.56. The molecule has 1 aromatic heterocycles. The molecule has 1 aliphatic heterocycles. The van der Waals surface area contributed by atoms with E-state index in [4.69, 9.17) is 0 Å². The first-order chi connectivity index (χ1) is 8.12. The molecule has 2 heterocycles. The topological polar surface area (TPSA) is 66.1 Å². The van der Waals surface area contributed by atoms with Gasteiger partial charge in [0.05, 0.1) is 11.9 Å². The quantitative estimate of drug-likeness (QED) is 0.876. The lowest BCUT2D eigenvalue weighted by atomic mass is 10.1. The molecule has 96 valence electrons. The Bertz CT molecular complexity index is 459. The number of sulfonamides is 1. The Hall–Kier alpha value is -0.880. The fourth-order valence-corrected chi connectivity index (χ4v) is 3.83. The Labute approximate surface area is 102 Å². The highest BCUT2D eigenvalue weighted by Crippen LogP contribution is 2.21. The van der Waals surface area contributed by atoms with Crippen LogP contribution in [-0.2, 0) is 10.0 Å². The third kappa shape index (κ3) is 2.69. The monoisotopic (exact) mass is 257 g/mol. The molecule has 17 heavy (non-hydrogen) atoms. The number of hydrogen-bond acceptors (Lipinski definition) is 3. The molecule has 1 saturated heterocycles. The van der Waals surface area contributed by atoms with E-state index in [0.29, 0.717) is 23.7 Å². The van der Waals surface area contributed by atoms with Crippen LogP contribution in [0.25, 0.3) is 0 Å². The van der Waals surface area contributed by atoms with Gasteiger partial charge in [-0.2, -0.15) is 9.40 Å². The van der Waals surface area contributed by atoms with Crippen LogP contribution in [0.2, 0.25) is 0 Å². The van der Waals surface area contributed by atoms with Crippen molar-refractivity contribution in [3.8, 4) is 0 Å². The van der Waals surface area contributed by atoms with Gasteiger partial charge in [0.15, 0.2) is 0 Å². The van der Waals surface area contributed by atoms with Crippen molar-refractivity contribution in [2.45, 2.75) is 43.9 Å². The summed E-state index contributed by atoms with van der Waals surface area (Å²) in [6.07, 6.45) is 6.78. The molecule has 0 amide bonds. The molecule has 0 aliphatic carbocycles. The molecular weight excluding hydrogens is 238 g/mol. The number of nitrogens with zero attached hydrogens (tertiary/aromatic N) is 2. The normalized spacial score (nSPS) is 19.8. The number of H-pyrrole nitrogens is 1. The van der Waals surface area contributed by atoms with Crippen molar-refractivity contribution in [3.63, 3.8) is 0 Å². The van der Waals surface area contributed by atoms with E-state index < -0.39 is 10.0 Å². The summed E-state index contributed by atoms with van der Waals surface area (Å²) >= 11 is 0. The van der Waals surface area contributed by atoms with E-state index in [2.05, 4.69) is 10.2 Å². The molecule has 6 heteroatoms. The molecule has 1 fully saturated rings. The third-order valence-corrected chi connectivity index (χ3v) is 5.23. The van der Waals surface area contributed by atoms with Gasteiger partial charge in [0, 0.05) is 13.1 Å². The molecule has 0 bridgehead atoms. The first kappa shape index (κ1) is 12.6. The highest BCUT2D eigenvalue weighted by molar-refractivity contribution is 7.89. The standard InChI is InChI=1S/C11H19N3O2S/c1-10-11(9-12-13-10)17(15,16)14-7-5-3-2-4-6-8-14/h9H,2-8H2,1H3,(H,12,13). The van der Waals surface area contributed by atoms with E-state index in [0.717, 1.165) is 25.7 Å². The van der Waals surface area contributed by atoms with Gasteiger partial charge in [-0.1, -0.05) is 19.3 Å². The van der Waals surface area contributed by atoms with Crippen molar-refractivity contribution in [1.82, 2.24) is 14.5 Å². The maximum atomic E-state index is 12.4. The fourth-order valence-electron chi connectivity index (χ4n) is 2.20. The number of aryl methyl sites for hydroxylation is 1. The molecule has 5 nitrogen and oxygen atoms in total. The minimum atomic E-state index is -3.35. The van der Waals surface area contributed by atoms with Gasteiger partial charge in [-0.05, 0) is 19.8 Å². The third-order valence-electron chi connectivity index (χ3n) is 3.22. The van der Waals surface area contributed by atoms with Crippen LogP contribution in [0.4, 0.5) is 0 Å². The van der Waals surface area contributed by atoms with E-state index in [1.165, 1.54) is 12.6 Å². The average molecular weight is 257 g/mol. The first-order valence-electron chi connectivity index (χ1n) is 6.12. The molecular formula is C11H19N3O2S. The average Bonchev–Trinajstić information content (AvgIpc) is 2.63. The van der Waals surface area contributed by atoms with Crippen LogP contribution in [0.15, 0.2) is 11.1 Å². The smallest absolute Gasteiger partial charge is 0.246 e.